The minimum absolute atomic E-state index is 0.131. The number of imide groups is 1. The molecule has 1 aliphatic heterocycles. The van der Waals surface area contributed by atoms with Gasteiger partial charge < -0.3 is 11.1 Å². The van der Waals surface area contributed by atoms with Gasteiger partial charge in [0, 0.05) is 17.0 Å². The largest absolute Gasteiger partial charge is 0.397 e. The smallest absolute Gasteiger partial charge is 0.251 e. The number of hydrogen-bond donors (Lipinski definition) is 2. The number of nitrogens with two attached hydrogens (primary N) is 1. The molecule has 0 bridgehead atoms. The quantitative estimate of drug-likeness (QED) is 0.476. The highest BCUT2D eigenvalue weighted by Gasteiger charge is 2.31. The molecule has 1 fully saturated rings. The van der Waals surface area contributed by atoms with E-state index in [0.717, 1.165) is 9.26 Å². The summed E-state index contributed by atoms with van der Waals surface area (Å²) in [6, 6.07) is 5.22. The summed E-state index contributed by atoms with van der Waals surface area (Å²) in [5, 5.41) is 3.11. The number of likely N-dealkylation sites (N-methyl/N-ethyl adjacent to an activating group) is 1. The fourth-order valence-electron chi connectivity index (χ4n) is 1.90. The second-order valence-corrected chi connectivity index (χ2v) is 5.50. The van der Waals surface area contributed by atoms with Crippen molar-refractivity contribution in [2.45, 2.75) is 18.9 Å². The molecule has 2 rings (SSSR count). The van der Waals surface area contributed by atoms with E-state index in [1.165, 1.54) is 11.9 Å². The minimum Gasteiger partial charge on any atom is -0.397 e. The van der Waals surface area contributed by atoms with Crippen molar-refractivity contribution in [2.24, 2.45) is 0 Å². The second-order valence-electron chi connectivity index (χ2n) is 4.26. The summed E-state index contributed by atoms with van der Waals surface area (Å²) in [5.41, 5.74) is 7.23. The molecular formula is C12H14IN3O2. The number of halogens is 1. The molecule has 18 heavy (non-hydrogen) atoms. The minimum atomic E-state index is -0.380. The van der Waals surface area contributed by atoms with Gasteiger partial charge in [-0.1, -0.05) is 0 Å². The maximum atomic E-state index is 11.9. The number of carbonyl (C=O) groups is 2. The van der Waals surface area contributed by atoms with Crippen LogP contribution < -0.4 is 11.1 Å². The Hall–Kier alpha value is -1.31. The topological polar surface area (TPSA) is 75.4 Å². The number of carbonyl (C=O) groups excluding carboxylic acids is 2. The third-order valence-electron chi connectivity index (χ3n) is 2.99. The standard InChI is InChI=1S/C12H14IN3O2/c1-16-11(17)5-4-10(12(16)18)15-9-3-2-7(13)6-8(9)14/h2-3,6,10,15H,4-5,14H2,1H3. The van der Waals surface area contributed by atoms with Gasteiger partial charge in [0.1, 0.15) is 6.04 Å². The van der Waals surface area contributed by atoms with E-state index in [0.29, 0.717) is 18.5 Å². The van der Waals surface area contributed by atoms with Crippen molar-refractivity contribution < 1.29 is 9.59 Å². The number of rotatable bonds is 2. The van der Waals surface area contributed by atoms with Crippen molar-refractivity contribution in [3.8, 4) is 0 Å². The Balaban J connectivity index is 2.14. The van der Waals surface area contributed by atoms with E-state index >= 15 is 0 Å². The van der Waals surface area contributed by atoms with Gasteiger partial charge in [0.2, 0.25) is 5.91 Å². The number of anilines is 2. The zero-order valence-electron chi connectivity index (χ0n) is 9.94. The number of likely N-dealkylation sites (tertiary alicyclic amines) is 1. The number of hydrogen-bond acceptors (Lipinski definition) is 4. The van der Waals surface area contributed by atoms with Crippen molar-refractivity contribution in [1.29, 1.82) is 0 Å². The Morgan fingerprint density at radius 2 is 2.17 bits per heavy atom. The average molecular weight is 359 g/mol. The van der Waals surface area contributed by atoms with Gasteiger partial charge in [0.15, 0.2) is 0 Å². The van der Waals surface area contributed by atoms with Crippen LogP contribution in [0.1, 0.15) is 12.8 Å². The van der Waals surface area contributed by atoms with Gasteiger partial charge in [-0.2, -0.15) is 0 Å². The molecule has 0 radical (unpaired) electrons. The predicted molar refractivity (Wildman–Crippen MR) is 78.0 cm³/mol. The Morgan fingerprint density at radius 3 is 2.83 bits per heavy atom. The van der Waals surface area contributed by atoms with Crippen LogP contribution in [-0.2, 0) is 9.59 Å². The van der Waals surface area contributed by atoms with Crippen LogP contribution in [0.4, 0.5) is 11.4 Å². The lowest BCUT2D eigenvalue weighted by molar-refractivity contribution is -0.146. The molecule has 6 heteroatoms. The summed E-state index contributed by atoms with van der Waals surface area (Å²) in [6.45, 7) is 0. The lowest BCUT2D eigenvalue weighted by Gasteiger charge is -2.29. The highest BCUT2D eigenvalue weighted by Crippen LogP contribution is 2.24. The highest BCUT2D eigenvalue weighted by molar-refractivity contribution is 14.1. The Kier molecular flexibility index (Phi) is 3.74. The van der Waals surface area contributed by atoms with E-state index < -0.39 is 0 Å². The molecule has 5 nitrogen and oxygen atoms in total. The molecule has 0 spiro atoms. The molecule has 3 N–H and O–H groups in total. The molecule has 1 aromatic rings. The van der Waals surface area contributed by atoms with E-state index in [9.17, 15) is 9.59 Å². The van der Waals surface area contributed by atoms with Crippen LogP contribution in [0.2, 0.25) is 0 Å². The zero-order valence-corrected chi connectivity index (χ0v) is 12.1. The summed E-state index contributed by atoms with van der Waals surface area (Å²) < 4.78 is 1.04. The summed E-state index contributed by atoms with van der Waals surface area (Å²) in [4.78, 5) is 24.5. The third-order valence-corrected chi connectivity index (χ3v) is 3.66. The van der Waals surface area contributed by atoms with Gasteiger partial charge in [-0.15, -0.1) is 0 Å². The van der Waals surface area contributed by atoms with Crippen LogP contribution in [-0.4, -0.2) is 29.8 Å². The first kappa shape index (κ1) is 13.1. The molecule has 0 aromatic heterocycles. The molecule has 0 saturated carbocycles. The van der Waals surface area contributed by atoms with E-state index in [4.69, 9.17) is 5.73 Å². The number of nitrogens with one attached hydrogen (secondary N) is 1. The lowest BCUT2D eigenvalue weighted by Crippen LogP contribution is -2.48. The van der Waals surface area contributed by atoms with Gasteiger partial charge in [-0.3, -0.25) is 14.5 Å². The molecule has 96 valence electrons. The van der Waals surface area contributed by atoms with Crippen LogP contribution >= 0.6 is 22.6 Å². The molecule has 0 aliphatic carbocycles. The monoisotopic (exact) mass is 359 g/mol. The van der Waals surface area contributed by atoms with E-state index in [1.807, 2.05) is 18.2 Å². The van der Waals surface area contributed by atoms with Crippen molar-refractivity contribution in [3.05, 3.63) is 21.8 Å². The molecule has 1 saturated heterocycles. The normalized spacial score (nSPS) is 20.1. The van der Waals surface area contributed by atoms with Gasteiger partial charge in [-0.25, -0.2) is 0 Å². The SMILES string of the molecule is CN1C(=O)CCC(Nc2ccc(I)cc2N)C1=O. The average Bonchev–Trinajstić information content (AvgIpc) is 2.33. The molecule has 1 aromatic carbocycles. The summed E-state index contributed by atoms with van der Waals surface area (Å²) >= 11 is 2.18. The first-order chi connectivity index (χ1) is 8.49. The lowest BCUT2D eigenvalue weighted by atomic mass is 10.0. The van der Waals surface area contributed by atoms with Crippen molar-refractivity contribution in [3.63, 3.8) is 0 Å². The predicted octanol–water partition coefficient (Wildman–Crippen LogP) is 1.43. The zero-order chi connectivity index (χ0) is 13.3. The van der Waals surface area contributed by atoms with Crippen molar-refractivity contribution in [1.82, 2.24) is 4.90 Å². The van der Waals surface area contributed by atoms with Crippen molar-refractivity contribution >= 4 is 45.8 Å². The van der Waals surface area contributed by atoms with Crippen LogP contribution in [0.25, 0.3) is 0 Å². The van der Waals surface area contributed by atoms with E-state index in [-0.39, 0.29) is 17.9 Å². The molecule has 1 heterocycles. The van der Waals surface area contributed by atoms with Gasteiger partial charge in [0.25, 0.3) is 5.91 Å². The summed E-state index contributed by atoms with van der Waals surface area (Å²) in [6.07, 6.45) is 0.887. The molecular weight excluding hydrogens is 345 g/mol. The number of nitrogen functional groups attached to an aromatic ring is 1. The van der Waals surface area contributed by atoms with Crippen LogP contribution in [0.3, 0.4) is 0 Å². The Labute approximate surface area is 119 Å². The molecule has 2 amide bonds. The van der Waals surface area contributed by atoms with E-state index in [2.05, 4.69) is 27.9 Å². The molecule has 1 atom stereocenters. The van der Waals surface area contributed by atoms with Crippen LogP contribution in [0.15, 0.2) is 18.2 Å². The summed E-state index contributed by atoms with van der Waals surface area (Å²) in [5.74, 6) is -0.335. The number of benzene rings is 1. The van der Waals surface area contributed by atoms with Crippen LogP contribution in [0.5, 0.6) is 0 Å². The number of piperidine rings is 1. The Bertz CT molecular complexity index is 504. The third kappa shape index (κ3) is 2.58. The molecule has 1 aliphatic rings. The number of amides is 2. The maximum Gasteiger partial charge on any atom is 0.251 e. The fourth-order valence-corrected chi connectivity index (χ4v) is 2.42. The molecule has 1 unspecified atom stereocenters. The Morgan fingerprint density at radius 1 is 1.44 bits per heavy atom. The maximum absolute atomic E-state index is 11.9. The van der Waals surface area contributed by atoms with Gasteiger partial charge in [-0.05, 0) is 47.2 Å². The fraction of sp³-hybridized carbons (Fsp3) is 0.333. The van der Waals surface area contributed by atoms with Crippen LogP contribution in [0, 0.1) is 3.57 Å². The number of nitrogens with zero attached hydrogens (tertiary/aromatic N) is 1. The van der Waals surface area contributed by atoms with Gasteiger partial charge in [0.05, 0.1) is 11.4 Å². The second kappa shape index (κ2) is 5.13. The first-order valence-corrected chi connectivity index (χ1v) is 6.69. The van der Waals surface area contributed by atoms with Gasteiger partial charge >= 0.3 is 0 Å². The highest BCUT2D eigenvalue weighted by atomic mass is 127. The summed E-state index contributed by atoms with van der Waals surface area (Å²) in [7, 11) is 1.51. The first-order valence-electron chi connectivity index (χ1n) is 5.61. The van der Waals surface area contributed by atoms with Crippen molar-refractivity contribution in [2.75, 3.05) is 18.1 Å². The van der Waals surface area contributed by atoms with E-state index in [1.54, 1.807) is 0 Å².